The first-order valence-electron chi connectivity index (χ1n) is 5.06. The average Bonchev–Trinajstić information content (AvgIpc) is 2.27. The minimum Gasteiger partial charge on any atom is -0.483 e. The highest BCUT2D eigenvalue weighted by Crippen LogP contribution is 2.17. The lowest BCUT2D eigenvalue weighted by atomic mass is 10.2. The van der Waals surface area contributed by atoms with Gasteiger partial charge in [0.2, 0.25) is 0 Å². The number of hydrogen-bond donors (Lipinski definition) is 0. The van der Waals surface area contributed by atoms with E-state index >= 15 is 0 Å². The van der Waals surface area contributed by atoms with Crippen LogP contribution in [-0.4, -0.2) is 18.7 Å². The lowest BCUT2D eigenvalue weighted by molar-refractivity contribution is -0.121. The molecular weight excluding hydrogens is 211 g/mol. The Kier molecular flexibility index (Phi) is 4.64. The van der Waals surface area contributed by atoms with E-state index < -0.39 is 5.82 Å². The molecule has 16 heavy (non-hydrogen) atoms. The number of Topliss-reactive ketones (excluding diaryl/α,β-unsaturated/α-hetero) is 1. The molecule has 0 aliphatic rings. The second-order valence-electron chi connectivity index (χ2n) is 3.39. The third kappa shape index (κ3) is 3.46. The Morgan fingerprint density at radius 3 is 2.81 bits per heavy atom. The van der Waals surface area contributed by atoms with Crippen molar-refractivity contribution in [1.82, 2.24) is 0 Å². The lowest BCUT2D eigenvalue weighted by Gasteiger charge is -2.06. The monoisotopic (exact) mass is 224 g/mol. The van der Waals surface area contributed by atoms with E-state index in [1.807, 2.05) is 6.92 Å². The van der Waals surface area contributed by atoms with Crippen LogP contribution in [0.1, 0.15) is 30.1 Å². The summed E-state index contributed by atoms with van der Waals surface area (Å²) < 4.78 is 18.3. The molecule has 1 aromatic rings. The molecule has 0 aliphatic carbocycles. The van der Waals surface area contributed by atoms with Gasteiger partial charge in [-0.1, -0.05) is 6.92 Å². The molecule has 0 saturated carbocycles. The van der Waals surface area contributed by atoms with Crippen LogP contribution in [0.5, 0.6) is 5.75 Å². The Hall–Kier alpha value is -1.71. The van der Waals surface area contributed by atoms with Crippen molar-refractivity contribution in [3.05, 3.63) is 29.6 Å². The summed E-state index contributed by atoms with van der Waals surface area (Å²) in [5.74, 6) is -0.703. The van der Waals surface area contributed by atoms with Gasteiger partial charge in [-0.25, -0.2) is 4.39 Å². The van der Waals surface area contributed by atoms with Crippen LogP contribution in [0.3, 0.4) is 0 Å². The van der Waals surface area contributed by atoms with Crippen LogP contribution in [0.4, 0.5) is 4.39 Å². The van der Waals surface area contributed by atoms with E-state index in [1.54, 1.807) is 0 Å². The van der Waals surface area contributed by atoms with Gasteiger partial charge in [0.1, 0.15) is 12.9 Å². The molecule has 0 saturated heterocycles. The summed E-state index contributed by atoms with van der Waals surface area (Å²) >= 11 is 0. The van der Waals surface area contributed by atoms with Gasteiger partial charge in [0, 0.05) is 12.0 Å². The zero-order valence-electron chi connectivity index (χ0n) is 9.03. The minimum atomic E-state index is -0.631. The van der Waals surface area contributed by atoms with Crippen LogP contribution in [0.25, 0.3) is 0 Å². The third-order valence-electron chi connectivity index (χ3n) is 2.01. The summed E-state index contributed by atoms with van der Waals surface area (Å²) in [6.07, 6.45) is 1.72. The second-order valence-corrected chi connectivity index (χ2v) is 3.39. The van der Waals surface area contributed by atoms with Crippen molar-refractivity contribution in [2.75, 3.05) is 6.61 Å². The second kappa shape index (κ2) is 6.00. The number of aldehydes is 1. The van der Waals surface area contributed by atoms with Crippen LogP contribution in [0, 0.1) is 5.82 Å². The van der Waals surface area contributed by atoms with Crippen molar-refractivity contribution in [1.29, 1.82) is 0 Å². The molecule has 3 nitrogen and oxygen atoms in total. The first kappa shape index (κ1) is 12.4. The summed E-state index contributed by atoms with van der Waals surface area (Å²) in [5.41, 5.74) is 0.240. The van der Waals surface area contributed by atoms with E-state index in [-0.39, 0.29) is 23.7 Å². The Morgan fingerprint density at radius 2 is 2.25 bits per heavy atom. The van der Waals surface area contributed by atoms with Crippen LogP contribution in [-0.2, 0) is 4.79 Å². The van der Waals surface area contributed by atoms with Gasteiger partial charge in [-0.05, 0) is 24.6 Å². The zero-order chi connectivity index (χ0) is 12.0. The molecule has 0 N–H and O–H groups in total. The van der Waals surface area contributed by atoms with Crippen molar-refractivity contribution in [2.24, 2.45) is 0 Å². The number of ether oxygens (including phenoxy) is 1. The molecule has 0 amide bonds. The molecule has 0 aromatic heterocycles. The Labute approximate surface area is 93.2 Å². The average molecular weight is 224 g/mol. The molecular formula is C12H13FO3. The first-order valence-corrected chi connectivity index (χ1v) is 5.06. The molecule has 1 aromatic carbocycles. The summed E-state index contributed by atoms with van der Waals surface area (Å²) in [5, 5.41) is 0. The van der Waals surface area contributed by atoms with E-state index in [0.29, 0.717) is 12.7 Å². The van der Waals surface area contributed by atoms with Crippen molar-refractivity contribution in [3.8, 4) is 5.75 Å². The predicted octanol–water partition coefficient (Wildman–Crippen LogP) is 2.39. The highest BCUT2D eigenvalue weighted by atomic mass is 19.1. The van der Waals surface area contributed by atoms with Gasteiger partial charge in [-0.15, -0.1) is 0 Å². The SMILES string of the molecule is CCCC(=O)COc1ccc(C=O)cc1F. The summed E-state index contributed by atoms with van der Waals surface area (Å²) in [4.78, 5) is 21.5. The molecule has 0 atom stereocenters. The van der Waals surface area contributed by atoms with E-state index in [2.05, 4.69) is 0 Å². The Balaban J connectivity index is 2.60. The number of benzene rings is 1. The van der Waals surface area contributed by atoms with Crippen LogP contribution in [0.2, 0.25) is 0 Å². The third-order valence-corrected chi connectivity index (χ3v) is 2.01. The van der Waals surface area contributed by atoms with Gasteiger partial charge in [0.05, 0.1) is 0 Å². The normalized spacial score (nSPS) is 9.88. The standard InChI is InChI=1S/C12H13FO3/c1-2-3-10(15)8-16-12-5-4-9(7-14)6-11(12)13/h4-7H,2-3,8H2,1H3. The number of halogens is 1. The number of carbonyl (C=O) groups is 2. The molecule has 4 heteroatoms. The fourth-order valence-electron chi connectivity index (χ4n) is 1.22. The molecule has 0 spiro atoms. The van der Waals surface area contributed by atoms with Crippen LogP contribution in [0.15, 0.2) is 18.2 Å². The van der Waals surface area contributed by atoms with Gasteiger partial charge in [0.25, 0.3) is 0 Å². The quantitative estimate of drug-likeness (QED) is 0.697. The predicted molar refractivity (Wildman–Crippen MR) is 57.2 cm³/mol. The van der Waals surface area contributed by atoms with Crippen molar-refractivity contribution < 1.29 is 18.7 Å². The van der Waals surface area contributed by atoms with Gasteiger partial charge >= 0.3 is 0 Å². The van der Waals surface area contributed by atoms with Gasteiger partial charge in [-0.2, -0.15) is 0 Å². The first-order chi connectivity index (χ1) is 7.67. The topological polar surface area (TPSA) is 43.4 Å². The van der Waals surface area contributed by atoms with E-state index in [9.17, 15) is 14.0 Å². The summed E-state index contributed by atoms with van der Waals surface area (Å²) in [6.45, 7) is 1.75. The summed E-state index contributed by atoms with van der Waals surface area (Å²) in [6, 6.07) is 3.86. The molecule has 0 radical (unpaired) electrons. The number of hydrogen-bond acceptors (Lipinski definition) is 3. The number of rotatable bonds is 6. The largest absolute Gasteiger partial charge is 0.483 e. The lowest BCUT2D eigenvalue weighted by Crippen LogP contribution is -2.11. The van der Waals surface area contributed by atoms with E-state index in [1.165, 1.54) is 12.1 Å². The fraction of sp³-hybridized carbons (Fsp3) is 0.333. The van der Waals surface area contributed by atoms with Crippen LogP contribution < -0.4 is 4.74 Å². The Bertz CT molecular complexity index is 388. The molecule has 0 aliphatic heterocycles. The molecule has 0 fully saturated rings. The van der Waals surface area contributed by atoms with E-state index in [0.717, 1.165) is 12.5 Å². The maximum absolute atomic E-state index is 13.3. The van der Waals surface area contributed by atoms with Gasteiger partial charge < -0.3 is 4.74 Å². The molecule has 0 bridgehead atoms. The van der Waals surface area contributed by atoms with E-state index in [4.69, 9.17) is 4.74 Å². The highest BCUT2D eigenvalue weighted by molar-refractivity contribution is 5.80. The zero-order valence-corrected chi connectivity index (χ0v) is 9.03. The van der Waals surface area contributed by atoms with Crippen molar-refractivity contribution in [3.63, 3.8) is 0 Å². The molecule has 86 valence electrons. The van der Waals surface area contributed by atoms with Crippen LogP contribution >= 0.6 is 0 Å². The number of carbonyl (C=O) groups excluding carboxylic acids is 2. The maximum Gasteiger partial charge on any atom is 0.170 e. The molecule has 1 rings (SSSR count). The smallest absolute Gasteiger partial charge is 0.170 e. The maximum atomic E-state index is 13.3. The fourth-order valence-corrected chi connectivity index (χ4v) is 1.22. The minimum absolute atomic E-state index is 0.00458. The molecule has 0 unspecified atom stereocenters. The molecule has 0 heterocycles. The Morgan fingerprint density at radius 1 is 1.50 bits per heavy atom. The van der Waals surface area contributed by atoms with Gasteiger partial charge in [-0.3, -0.25) is 9.59 Å². The van der Waals surface area contributed by atoms with Crippen molar-refractivity contribution >= 4 is 12.1 Å². The highest BCUT2D eigenvalue weighted by Gasteiger charge is 2.07. The summed E-state index contributed by atoms with van der Waals surface area (Å²) in [7, 11) is 0. The van der Waals surface area contributed by atoms with Crippen molar-refractivity contribution in [2.45, 2.75) is 19.8 Å². The van der Waals surface area contributed by atoms with Gasteiger partial charge in [0.15, 0.2) is 17.3 Å². The number of ketones is 1.